The van der Waals surface area contributed by atoms with Gasteiger partial charge < -0.3 is 15.7 Å². The van der Waals surface area contributed by atoms with E-state index in [2.05, 4.69) is 10.1 Å². The van der Waals surface area contributed by atoms with Gasteiger partial charge in [-0.1, -0.05) is 5.16 Å². The number of sulfonamides is 1. The van der Waals surface area contributed by atoms with Crippen molar-refractivity contribution >= 4 is 15.9 Å². The fraction of sp³-hybridized carbons (Fsp3) is 0.917. The van der Waals surface area contributed by atoms with Crippen LogP contribution in [0.1, 0.15) is 12.8 Å². The molecule has 3 N–H and O–H groups in total. The van der Waals surface area contributed by atoms with Crippen LogP contribution in [0.2, 0.25) is 0 Å². The van der Waals surface area contributed by atoms with Gasteiger partial charge in [-0.05, 0) is 18.8 Å². The Morgan fingerprint density at radius 1 is 1.43 bits per heavy atom. The molecule has 2 rings (SSSR count). The molecule has 0 aromatic rings. The fourth-order valence-corrected chi connectivity index (χ4v) is 3.90. The number of piperidine rings is 1. The number of ether oxygens (including phenoxy) is 1. The summed E-state index contributed by atoms with van der Waals surface area (Å²) >= 11 is 0. The second kappa shape index (κ2) is 6.91. The van der Waals surface area contributed by atoms with Gasteiger partial charge in [0.1, 0.15) is 6.10 Å². The van der Waals surface area contributed by atoms with E-state index in [9.17, 15) is 8.42 Å². The molecule has 2 atom stereocenters. The van der Waals surface area contributed by atoms with E-state index in [1.807, 2.05) is 0 Å². The first-order valence-electron chi connectivity index (χ1n) is 7.16. The predicted octanol–water partition coefficient (Wildman–Crippen LogP) is -0.895. The van der Waals surface area contributed by atoms with E-state index in [1.54, 1.807) is 4.31 Å². The number of hydrogen-bond donors (Lipinski definition) is 2. The summed E-state index contributed by atoms with van der Waals surface area (Å²) in [4.78, 5) is 2.20. The minimum absolute atomic E-state index is 0.0844. The maximum atomic E-state index is 11.6. The van der Waals surface area contributed by atoms with Gasteiger partial charge in [-0.3, -0.25) is 4.90 Å². The molecule has 0 amide bonds. The third kappa shape index (κ3) is 4.53. The molecule has 2 saturated heterocycles. The van der Waals surface area contributed by atoms with Crippen LogP contribution in [0.15, 0.2) is 5.16 Å². The standard InChI is InChI=1S/C12H24N4O4S/c1-21(18,19)16-4-2-3-10(8-16)7-15-5-6-20-11(9-15)12(13)14-17/h10-11,17H,2-9H2,1H3,(H2,13,14). The first kappa shape index (κ1) is 16.5. The third-order valence-corrected chi connectivity index (χ3v) is 5.33. The molecule has 2 unspecified atom stereocenters. The van der Waals surface area contributed by atoms with Gasteiger partial charge in [0, 0.05) is 32.7 Å². The molecule has 8 nitrogen and oxygen atoms in total. The van der Waals surface area contributed by atoms with E-state index in [-0.39, 0.29) is 5.84 Å². The minimum atomic E-state index is -3.11. The van der Waals surface area contributed by atoms with Crippen LogP contribution < -0.4 is 5.73 Å². The Morgan fingerprint density at radius 3 is 2.86 bits per heavy atom. The van der Waals surface area contributed by atoms with E-state index < -0.39 is 16.1 Å². The van der Waals surface area contributed by atoms with Gasteiger partial charge in [-0.25, -0.2) is 12.7 Å². The number of amidine groups is 1. The van der Waals surface area contributed by atoms with E-state index in [4.69, 9.17) is 15.7 Å². The van der Waals surface area contributed by atoms with E-state index in [0.29, 0.717) is 32.2 Å². The highest BCUT2D eigenvalue weighted by atomic mass is 32.2. The summed E-state index contributed by atoms with van der Waals surface area (Å²) in [7, 11) is -3.11. The minimum Gasteiger partial charge on any atom is -0.409 e. The predicted molar refractivity (Wildman–Crippen MR) is 78.7 cm³/mol. The van der Waals surface area contributed by atoms with Gasteiger partial charge in [0.25, 0.3) is 0 Å². The quantitative estimate of drug-likeness (QED) is 0.301. The van der Waals surface area contributed by atoms with Gasteiger partial charge in [0.05, 0.1) is 12.9 Å². The second-order valence-corrected chi connectivity index (χ2v) is 7.76. The first-order chi connectivity index (χ1) is 9.90. The Bertz CT molecular complexity index is 482. The monoisotopic (exact) mass is 320 g/mol. The van der Waals surface area contributed by atoms with Crippen molar-refractivity contribution < 1.29 is 18.4 Å². The second-order valence-electron chi connectivity index (χ2n) is 5.77. The van der Waals surface area contributed by atoms with E-state index in [1.165, 1.54) is 6.26 Å². The number of nitrogens with zero attached hydrogens (tertiary/aromatic N) is 3. The lowest BCUT2D eigenvalue weighted by Gasteiger charge is -2.37. The molecule has 2 fully saturated rings. The summed E-state index contributed by atoms with van der Waals surface area (Å²) in [5.74, 6) is 0.403. The Morgan fingerprint density at radius 2 is 2.19 bits per heavy atom. The maximum absolute atomic E-state index is 11.6. The van der Waals surface area contributed by atoms with Crippen LogP contribution in [0.3, 0.4) is 0 Å². The van der Waals surface area contributed by atoms with Crippen molar-refractivity contribution in [1.29, 1.82) is 0 Å². The summed E-state index contributed by atoms with van der Waals surface area (Å²) in [5, 5.41) is 11.7. The zero-order valence-electron chi connectivity index (χ0n) is 12.3. The molecular weight excluding hydrogens is 296 g/mol. The summed E-state index contributed by atoms with van der Waals surface area (Å²) < 4.78 is 30.3. The Labute approximate surface area is 125 Å². The molecule has 0 saturated carbocycles. The Hall–Kier alpha value is -0.900. The molecule has 2 aliphatic heterocycles. The van der Waals surface area contributed by atoms with Crippen LogP contribution >= 0.6 is 0 Å². The van der Waals surface area contributed by atoms with Crippen LogP contribution in [0.4, 0.5) is 0 Å². The van der Waals surface area contributed by atoms with Crippen molar-refractivity contribution in [3.63, 3.8) is 0 Å². The molecule has 0 aliphatic carbocycles. The van der Waals surface area contributed by atoms with Crippen molar-refractivity contribution in [2.75, 3.05) is 45.6 Å². The molecule has 0 radical (unpaired) electrons. The lowest BCUT2D eigenvalue weighted by atomic mass is 9.98. The van der Waals surface area contributed by atoms with Gasteiger partial charge in [-0.2, -0.15) is 0 Å². The van der Waals surface area contributed by atoms with Gasteiger partial charge in [0.2, 0.25) is 10.0 Å². The Kier molecular flexibility index (Phi) is 5.42. The molecule has 2 aliphatic rings. The van der Waals surface area contributed by atoms with Gasteiger partial charge in [-0.15, -0.1) is 0 Å². The summed E-state index contributed by atoms with van der Waals surface area (Å²) in [5.41, 5.74) is 5.58. The van der Waals surface area contributed by atoms with Crippen LogP contribution in [-0.2, 0) is 14.8 Å². The van der Waals surface area contributed by atoms with E-state index in [0.717, 1.165) is 25.9 Å². The molecule has 21 heavy (non-hydrogen) atoms. The molecule has 0 aromatic carbocycles. The number of nitrogens with two attached hydrogens (primary N) is 1. The number of hydrogen-bond acceptors (Lipinski definition) is 6. The highest BCUT2D eigenvalue weighted by Crippen LogP contribution is 2.20. The smallest absolute Gasteiger partial charge is 0.211 e. The number of oxime groups is 1. The molecule has 0 aromatic heterocycles. The average Bonchev–Trinajstić information content (AvgIpc) is 2.46. The van der Waals surface area contributed by atoms with Crippen molar-refractivity contribution in [1.82, 2.24) is 9.21 Å². The van der Waals surface area contributed by atoms with Crippen LogP contribution in [0, 0.1) is 5.92 Å². The van der Waals surface area contributed by atoms with Crippen molar-refractivity contribution in [3.05, 3.63) is 0 Å². The highest BCUT2D eigenvalue weighted by molar-refractivity contribution is 7.88. The van der Waals surface area contributed by atoms with Crippen LogP contribution in [0.25, 0.3) is 0 Å². The lowest BCUT2D eigenvalue weighted by molar-refractivity contribution is -0.00383. The molecule has 2 heterocycles. The molecule has 122 valence electrons. The van der Waals surface area contributed by atoms with Crippen molar-refractivity contribution in [2.45, 2.75) is 18.9 Å². The summed E-state index contributed by atoms with van der Waals surface area (Å²) in [6.45, 7) is 3.89. The third-order valence-electron chi connectivity index (χ3n) is 4.06. The SMILES string of the molecule is CS(=O)(=O)N1CCCC(CN2CCOC(C(N)=NO)C2)C1. The van der Waals surface area contributed by atoms with Gasteiger partial charge >= 0.3 is 0 Å². The van der Waals surface area contributed by atoms with Gasteiger partial charge in [0.15, 0.2) is 5.84 Å². The summed E-state index contributed by atoms with van der Waals surface area (Å²) in [6, 6.07) is 0. The number of rotatable bonds is 4. The largest absolute Gasteiger partial charge is 0.409 e. The topological polar surface area (TPSA) is 108 Å². The van der Waals surface area contributed by atoms with Crippen LogP contribution in [-0.4, -0.2) is 80.4 Å². The fourth-order valence-electron chi connectivity index (χ4n) is 2.95. The first-order valence-corrected chi connectivity index (χ1v) is 9.01. The maximum Gasteiger partial charge on any atom is 0.211 e. The van der Waals surface area contributed by atoms with Crippen molar-refractivity contribution in [2.24, 2.45) is 16.8 Å². The lowest BCUT2D eigenvalue weighted by Crippen LogP contribution is -2.51. The van der Waals surface area contributed by atoms with E-state index >= 15 is 0 Å². The zero-order valence-corrected chi connectivity index (χ0v) is 13.1. The normalized spacial score (nSPS) is 30.4. The zero-order chi connectivity index (χ0) is 15.5. The highest BCUT2D eigenvalue weighted by Gasteiger charge is 2.30. The Balaban J connectivity index is 1.89. The molecule has 0 spiro atoms. The average molecular weight is 320 g/mol. The van der Waals surface area contributed by atoms with Crippen LogP contribution in [0.5, 0.6) is 0 Å². The number of morpholine rings is 1. The summed E-state index contributed by atoms with van der Waals surface area (Å²) in [6.07, 6.45) is 2.79. The molecule has 0 bridgehead atoms. The molecule has 9 heteroatoms. The molecular formula is C12H24N4O4S. The van der Waals surface area contributed by atoms with Crippen molar-refractivity contribution in [3.8, 4) is 0 Å².